The second-order valence-electron chi connectivity index (χ2n) is 4.03. The molecule has 1 unspecified atom stereocenters. The summed E-state index contributed by atoms with van der Waals surface area (Å²) in [5, 5.41) is 2.94. The Kier molecular flexibility index (Phi) is 5.44. The number of aldehydes is 1. The summed E-state index contributed by atoms with van der Waals surface area (Å²) >= 11 is 0. The van der Waals surface area contributed by atoms with E-state index in [1.54, 1.807) is 0 Å². The maximum atomic E-state index is 13.6. The SMILES string of the molecule is COCC(C)Nc1cc(F)c(C=O)cc1C(=O)OC. The van der Waals surface area contributed by atoms with Crippen LogP contribution < -0.4 is 5.32 Å². The molecule has 0 radical (unpaired) electrons. The van der Waals surface area contributed by atoms with E-state index >= 15 is 0 Å². The van der Waals surface area contributed by atoms with Gasteiger partial charge in [0.25, 0.3) is 0 Å². The quantitative estimate of drug-likeness (QED) is 0.631. The van der Waals surface area contributed by atoms with Crippen molar-refractivity contribution in [1.29, 1.82) is 0 Å². The van der Waals surface area contributed by atoms with Crippen LogP contribution in [0.1, 0.15) is 27.6 Å². The first-order valence-corrected chi connectivity index (χ1v) is 5.66. The highest BCUT2D eigenvalue weighted by Gasteiger charge is 2.17. The summed E-state index contributed by atoms with van der Waals surface area (Å²) in [6, 6.07) is 2.13. The minimum atomic E-state index is -0.699. The molecule has 0 amide bonds. The lowest BCUT2D eigenvalue weighted by Crippen LogP contribution is -2.22. The van der Waals surface area contributed by atoms with Gasteiger partial charge in [-0.1, -0.05) is 0 Å². The van der Waals surface area contributed by atoms with Crippen molar-refractivity contribution in [3.8, 4) is 0 Å². The number of rotatable bonds is 6. The van der Waals surface area contributed by atoms with Crippen molar-refractivity contribution >= 4 is 17.9 Å². The number of carbonyl (C=O) groups excluding carboxylic acids is 2. The third kappa shape index (κ3) is 3.75. The van der Waals surface area contributed by atoms with Crippen LogP contribution in [0.3, 0.4) is 0 Å². The van der Waals surface area contributed by atoms with E-state index in [4.69, 9.17) is 4.74 Å². The van der Waals surface area contributed by atoms with Crippen molar-refractivity contribution in [2.24, 2.45) is 0 Å². The van der Waals surface area contributed by atoms with Gasteiger partial charge in [-0.3, -0.25) is 4.79 Å². The summed E-state index contributed by atoms with van der Waals surface area (Å²) in [4.78, 5) is 22.3. The summed E-state index contributed by atoms with van der Waals surface area (Å²) in [7, 11) is 2.75. The van der Waals surface area contributed by atoms with Gasteiger partial charge >= 0.3 is 5.97 Å². The van der Waals surface area contributed by atoms with Gasteiger partial charge < -0.3 is 14.8 Å². The van der Waals surface area contributed by atoms with E-state index in [-0.39, 0.29) is 22.9 Å². The van der Waals surface area contributed by atoms with Crippen molar-refractivity contribution < 1.29 is 23.5 Å². The molecule has 1 aromatic carbocycles. The number of ether oxygens (including phenoxy) is 2. The molecule has 0 aliphatic heterocycles. The summed E-state index contributed by atoms with van der Waals surface area (Å²) in [6.07, 6.45) is 0.351. The van der Waals surface area contributed by atoms with Crippen LogP contribution in [0.4, 0.5) is 10.1 Å². The normalized spacial score (nSPS) is 11.8. The molecule has 0 spiro atoms. The lowest BCUT2D eigenvalue weighted by molar-refractivity contribution is 0.0601. The maximum Gasteiger partial charge on any atom is 0.339 e. The minimum Gasteiger partial charge on any atom is -0.465 e. The molecule has 5 nitrogen and oxygen atoms in total. The zero-order valence-corrected chi connectivity index (χ0v) is 11.0. The molecule has 0 bridgehead atoms. The van der Waals surface area contributed by atoms with Gasteiger partial charge in [-0.05, 0) is 19.1 Å². The van der Waals surface area contributed by atoms with Gasteiger partial charge in [-0.25, -0.2) is 9.18 Å². The summed E-state index contributed by atoms with van der Waals surface area (Å²) in [5.74, 6) is -1.34. The lowest BCUT2D eigenvalue weighted by atomic mass is 10.1. The van der Waals surface area contributed by atoms with Crippen molar-refractivity contribution in [3.63, 3.8) is 0 Å². The standard InChI is InChI=1S/C13H16FNO4/c1-8(7-18-2)15-12-5-11(14)9(6-16)4-10(12)13(17)19-3/h4-6,8,15H,7H2,1-3H3. The zero-order chi connectivity index (χ0) is 14.4. The number of benzene rings is 1. The molecule has 6 heteroatoms. The van der Waals surface area contributed by atoms with Gasteiger partial charge in [0.2, 0.25) is 0 Å². The first-order chi connectivity index (χ1) is 9.03. The number of methoxy groups -OCH3 is 2. The van der Waals surface area contributed by atoms with Gasteiger partial charge in [0.1, 0.15) is 5.82 Å². The van der Waals surface area contributed by atoms with Crippen LogP contribution in [0, 0.1) is 5.82 Å². The number of halogens is 1. The average Bonchev–Trinajstić information content (AvgIpc) is 2.38. The molecular formula is C13H16FNO4. The van der Waals surface area contributed by atoms with Crippen LogP contribution in [0.2, 0.25) is 0 Å². The molecule has 0 aliphatic carbocycles. The molecule has 0 heterocycles. The van der Waals surface area contributed by atoms with E-state index in [0.717, 1.165) is 12.1 Å². The number of anilines is 1. The monoisotopic (exact) mass is 269 g/mol. The van der Waals surface area contributed by atoms with Gasteiger partial charge in [0, 0.05) is 13.2 Å². The van der Waals surface area contributed by atoms with Crippen molar-refractivity contribution in [2.45, 2.75) is 13.0 Å². The number of nitrogens with one attached hydrogen (secondary N) is 1. The number of hydrogen-bond acceptors (Lipinski definition) is 5. The second kappa shape index (κ2) is 6.84. The van der Waals surface area contributed by atoms with Crippen LogP contribution >= 0.6 is 0 Å². The Labute approximate surface area is 110 Å². The van der Waals surface area contributed by atoms with E-state index in [1.807, 2.05) is 6.92 Å². The Hall–Kier alpha value is -1.95. The summed E-state index contributed by atoms with van der Waals surface area (Å²) in [6.45, 7) is 2.20. The molecule has 1 N–H and O–H groups in total. The molecule has 0 saturated carbocycles. The summed E-state index contributed by atoms with van der Waals surface area (Å²) < 4.78 is 23.1. The fourth-order valence-corrected chi connectivity index (χ4v) is 1.64. The Morgan fingerprint density at radius 3 is 2.68 bits per heavy atom. The number of esters is 1. The third-order valence-corrected chi connectivity index (χ3v) is 2.49. The van der Waals surface area contributed by atoms with E-state index in [9.17, 15) is 14.0 Å². The number of carbonyl (C=O) groups is 2. The zero-order valence-electron chi connectivity index (χ0n) is 11.0. The highest BCUT2D eigenvalue weighted by Crippen LogP contribution is 2.22. The Bertz CT molecular complexity index is 476. The van der Waals surface area contributed by atoms with Crippen LogP contribution in [0.15, 0.2) is 12.1 Å². The molecule has 0 aliphatic rings. The van der Waals surface area contributed by atoms with Crippen molar-refractivity contribution in [3.05, 3.63) is 29.1 Å². The van der Waals surface area contributed by atoms with Gasteiger partial charge in [-0.2, -0.15) is 0 Å². The van der Waals surface area contributed by atoms with Crippen LogP contribution in [-0.4, -0.2) is 39.1 Å². The van der Waals surface area contributed by atoms with E-state index in [1.165, 1.54) is 14.2 Å². The fourth-order valence-electron chi connectivity index (χ4n) is 1.64. The van der Waals surface area contributed by atoms with Gasteiger partial charge in [0.15, 0.2) is 6.29 Å². The lowest BCUT2D eigenvalue weighted by Gasteiger charge is -2.17. The molecule has 0 aromatic heterocycles. The molecule has 1 rings (SSSR count). The minimum absolute atomic E-state index is 0.106. The van der Waals surface area contributed by atoms with Crippen molar-refractivity contribution in [2.75, 3.05) is 26.1 Å². The molecule has 1 aromatic rings. The van der Waals surface area contributed by atoms with Gasteiger partial charge in [-0.15, -0.1) is 0 Å². The smallest absolute Gasteiger partial charge is 0.339 e. The van der Waals surface area contributed by atoms with Crippen LogP contribution in [0.5, 0.6) is 0 Å². The largest absolute Gasteiger partial charge is 0.465 e. The van der Waals surface area contributed by atoms with Crippen LogP contribution in [-0.2, 0) is 9.47 Å². The fraction of sp³-hybridized carbons (Fsp3) is 0.385. The molecule has 19 heavy (non-hydrogen) atoms. The Morgan fingerprint density at radius 2 is 2.16 bits per heavy atom. The maximum absolute atomic E-state index is 13.6. The molecule has 104 valence electrons. The van der Waals surface area contributed by atoms with Crippen LogP contribution in [0.25, 0.3) is 0 Å². The third-order valence-electron chi connectivity index (χ3n) is 2.49. The average molecular weight is 269 g/mol. The predicted molar refractivity (Wildman–Crippen MR) is 68.1 cm³/mol. The Morgan fingerprint density at radius 1 is 1.47 bits per heavy atom. The Balaban J connectivity index is 3.16. The number of hydrogen-bond donors (Lipinski definition) is 1. The molecule has 0 saturated heterocycles. The first kappa shape index (κ1) is 15.1. The van der Waals surface area contributed by atoms with E-state index in [0.29, 0.717) is 12.9 Å². The van der Waals surface area contributed by atoms with Crippen molar-refractivity contribution in [1.82, 2.24) is 0 Å². The molecule has 0 fully saturated rings. The highest BCUT2D eigenvalue weighted by atomic mass is 19.1. The summed E-state index contributed by atoms with van der Waals surface area (Å²) in [5.41, 5.74) is 0.179. The first-order valence-electron chi connectivity index (χ1n) is 5.66. The molecular weight excluding hydrogens is 253 g/mol. The topological polar surface area (TPSA) is 64.6 Å². The second-order valence-corrected chi connectivity index (χ2v) is 4.03. The van der Waals surface area contributed by atoms with E-state index < -0.39 is 11.8 Å². The molecule has 1 atom stereocenters. The van der Waals surface area contributed by atoms with E-state index in [2.05, 4.69) is 10.1 Å². The highest BCUT2D eigenvalue weighted by molar-refractivity contribution is 5.97. The van der Waals surface area contributed by atoms with Gasteiger partial charge in [0.05, 0.1) is 30.5 Å². The predicted octanol–water partition coefficient (Wildman–Crippen LogP) is 1.87.